The van der Waals surface area contributed by atoms with Crippen LogP contribution in [0.1, 0.15) is 26.1 Å². The lowest BCUT2D eigenvalue weighted by Crippen LogP contribution is -2.51. The monoisotopic (exact) mass is 527 g/mol. The van der Waals surface area contributed by atoms with E-state index in [2.05, 4.69) is 44.6 Å². The molecule has 0 aliphatic carbocycles. The van der Waals surface area contributed by atoms with E-state index in [1.54, 1.807) is 13.4 Å². The molecule has 8 nitrogen and oxygen atoms in total. The van der Waals surface area contributed by atoms with Crippen molar-refractivity contribution < 1.29 is 4.74 Å². The van der Waals surface area contributed by atoms with Crippen molar-refractivity contribution in [1.29, 1.82) is 0 Å². The first-order valence-electron chi connectivity index (χ1n) is 10.4. The Balaban J connectivity index is 0.00000320. The molecule has 3 rings (SSSR count). The predicted molar refractivity (Wildman–Crippen MR) is 131 cm³/mol. The fourth-order valence-electron chi connectivity index (χ4n) is 3.63. The quantitative estimate of drug-likeness (QED) is 0.312. The Kier molecular flexibility index (Phi) is 10.5. The number of hydrogen-bond donors (Lipinski definition) is 2. The molecule has 9 heteroatoms. The summed E-state index contributed by atoms with van der Waals surface area (Å²) in [7, 11) is 1.80. The SMILES string of the molecule is CN=C(NCc1nncn1-c1ccccc1)NCC(CC(C)C)N1CCOCC1.I. The summed E-state index contributed by atoms with van der Waals surface area (Å²) in [5.74, 6) is 2.25. The van der Waals surface area contributed by atoms with Gasteiger partial charge in [-0.3, -0.25) is 14.5 Å². The summed E-state index contributed by atoms with van der Waals surface area (Å²) in [4.78, 5) is 6.90. The van der Waals surface area contributed by atoms with Gasteiger partial charge in [0.05, 0.1) is 19.8 Å². The molecule has 0 radical (unpaired) electrons. The molecule has 0 spiro atoms. The number of para-hydroxylation sites is 1. The van der Waals surface area contributed by atoms with Crippen molar-refractivity contribution in [3.63, 3.8) is 0 Å². The minimum Gasteiger partial charge on any atom is -0.379 e. The maximum absolute atomic E-state index is 5.52. The van der Waals surface area contributed by atoms with Crippen molar-refractivity contribution in [3.05, 3.63) is 42.5 Å². The van der Waals surface area contributed by atoms with Crippen molar-refractivity contribution in [3.8, 4) is 5.69 Å². The third kappa shape index (κ3) is 7.21. The van der Waals surface area contributed by atoms with Gasteiger partial charge < -0.3 is 15.4 Å². The van der Waals surface area contributed by atoms with Crippen molar-refractivity contribution in [2.45, 2.75) is 32.9 Å². The van der Waals surface area contributed by atoms with E-state index in [0.717, 1.165) is 56.7 Å². The fourth-order valence-corrected chi connectivity index (χ4v) is 3.63. The van der Waals surface area contributed by atoms with Crippen LogP contribution in [-0.4, -0.2) is 71.6 Å². The molecular weight excluding hydrogens is 493 g/mol. The lowest BCUT2D eigenvalue weighted by Gasteiger charge is -2.35. The number of aliphatic imine (C=N–C) groups is 1. The Hall–Kier alpha value is -1.72. The number of morpholine rings is 1. The molecule has 2 aromatic rings. The minimum atomic E-state index is 0. The molecule has 1 saturated heterocycles. The average Bonchev–Trinajstić information content (AvgIpc) is 3.22. The topological polar surface area (TPSA) is 79.6 Å². The molecule has 1 atom stereocenters. The van der Waals surface area contributed by atoms with Gasteiger partial charge in [0.2, 0.25) is 0 Å². The Bertz CT molecular complexity index is 760. The molecule has 1 aromatic carbocycles. The predicted octanol–water partition coefficient (Wildman–Crippen LogP) is 2.30. The van der Waals surface area contributed by atoms with Gasteiger partial charge in [0.1, 0.15) is 6.33 Å². The van der Waals surface area contributed by atoms with E-state index in [-0.39, 0.29) is 24.0 Å². The maximum atomic E-state index is 5.52. The Morgan fingerprint density at radius 3 is 2.57 bits per heavy atom. The number of rotatable bonds is 8. The third-order valence-corrected chi connectivity index (χ3v) is 5.10. The molecule has 0 amide bonds. The van der Waals surface area contributed by atoms with E-state index in [1.807, 2.05) is 34.9 Å². The van der Waals surface area contributed by atoms with Gasteiger partial charge in [0.25, 0.3) is 0 Å². The second-order valence-electron chi connectivity index (χ2n) is 7.69. The molecule has 30 heavy (non-hydrogen) atoms. The van der Waals surface area contributed by atoms with Gasteiger partial charge in [-0.1, -0.05) is 32.0 Å². The first-order chi connectivity index (χ1) is 14.2. The van der Waals surface area contributed by atoms with Gasteiger partial charge in [0, 0.05) is 38.4 Å². The molecule has 1 aromatic heterocycles. The lowest BCUT2D eigenvalue weighted by molar-refractivity contribution is 0.0132. The van der Waals surface area contributed by atoms with Crippen LogP contribution in [0.4, 0.5) is 0 Å². The number of benzene rings is 1. The first-order valence-corrected chi connectivity index (χ1v) is 10.4. The Labute approximate surface area is 196 Å². The summed E-state index contributed by atoms with van der Waals surface area (Å²) in [6, 6.07) is 10.6. The highest BCUT2D eigenvalue weighted by Gasteiger charge is 2.22. The number of aromatic nitrogens is 3. The zero-order chi connectivity index (χ0) is 20.5. The second kappa shape index (κ2) is 12.9. The van der Waals surface area contributed by atoms with Crippen LogP contribution in [0.2, 0.25) is 0 Å². The lowest BCUT2D eigenvalue weighted by atomic mass is 10.0. The molecule has 2 N–H and O–H groups in total. The van der Waals surface area contributed by atoms with Gasteiger partial charge in [-0.15, -0.1) is 34.2 Å². The molecule has 166 valence electrons. The number of nitrogens with one attached hydrogen (secondary N) is 2. The number of ether oxygens (including phenoxy) is 1. The summed E-state index contributed by atoms with van der Waals surface area (Å²) in [6.07, 6.45) is 2.88. The fraction of sp³-hybridized carbons (Fsp3) is 0.571. The highest BCUT2D eigenvalue weighted by Crippen LogP contribution is 2.13. The summed E-state index contributed by atoms with van der Waals surface area (Å²) < 4.78 is 7.50. The van der Waals surface area contributed by atoms with E-state index < -0.39 is 0 Å². The average molecular weight is 527 g/mol. The summed E-state index contributed by atoms with van der Waals surface area (Å²) in [6.45, 7) is 9.56. The van der Waals surface area contributed by atoms with Gasteiger partial charge in [0.15, 0.2) is 11.8 Å². The second-order valence-corrected chi connectivity index (χ2v) is 7.69. The van der Waals surface area contributed by atoms with Gasteiger partial charge in [-0.2, -0.15) is 0 Å². The zero-order valence-electron chi connectivity index (χ0n) is 18.1. The van der Waals surface area contributed by atoms with Crippen molar-refractivity contribution >= 4 is 29.9 Å². The van der Waals surface area contributed by atoms with Gasteiger partial charge >= 0.3 is 0 Å². The van der Waals surface area contributed by atoms with Crippen LogP contribution in [0.3, 0.4) is 0 Å². The molecule has 2 heterocycles. The smallest absolute Gasteiger partial charge is 0.191 e. The number of nitrogens with zero attached hydrogens (tertiary/aromatic N) is 5. The van der Waals surface area contributed by atoms with E-state index in [9.17, 15) is 0 Å². The first kappa shape index (κ1) is 24.5. The largest absolute Gasteiger partial charge is 0.379 e. The molecule has 1 aliphatic rings. The molecule has 1 fully saturated rings. The molecule has 1 unspecified atom stereocenters. The van der Waals surface area contributed by atoms with Crippen molar-refractivity contribution in [2.24, 2.45) is 10.9 Å². The van der Waals surface area contributed by atoms with Crippen LogP contribution in [-0.2, 0) is 11.3 Å². The van der Waals surface area contributed by atoms with Gasteiger partial charge in [-0.05, 0) is 24.5 Å². The zero-order valence-corrected chi connectivity index (χ0v) is 20.5. The van der Waals surface area contributed by atoms with E-state index in [0.29, 0.717) is 18.5 Å². The number of hydrogen-bond acceptors (Lipinski definition) is 5. The Morgan fingerprint density at radius 1 is 1.17 bits per heavy atom. The third-order valence-electron chi connectivity index (χ3n) is 5.10. The molecule has 0 bridgehead atoms. The van der Waals surface area contributed by atoms with E-state index in [4.69, 9.17) is 4.74 Å². The molecule has 1 aliphatic heterocycles. The normalized spacial score (nSPS) is 16.2. The van der Waals surface area contributed by atoms with E-state index >= 15 is 0 Å². The highest BCUT2D eigenvalue weighted by atomic mass is 127. The van der Waals surface area contributed by atoms with Crippen LogP contribution in [0.25, 0.3) is 5.69 Å². The van der Waals surface area contributed by atoms with Crippen LogP contribution >= 0.6 is 24.0 Å². The van der Waals surface area contributed by atoms with E-state index in [1.165, 1.54) is 0 Å². The van der Waals surface area contributed by atoms with Crippen LogP contribution in [0.15, 0.2) is 41.7 Å². The van der Waals surface area contributed by atoms with Crippen LogP contribution in [0.5, 0.6) is 0 Å². The van der Waals surface area contributed by atoms with Crippen molar-refractivity contribution in [1.82, 2.24) is 30.3 Å². The van der Waals surface area contributed by atoms with Gasteiger partial charge in [-0.25, -0.2) is 0 Å². The highest BCUT2D eigenvalue weighted by molar-refractivity contribution is 14.0. The maximum Gasteiger partial charge on any atom is 0.191 e. The summed E-state index contributed by atoms with van der Waals surface area (Å²) >= 11 is 0. The summed E-state index contributed by atoms with van der Waals surface area (Å²) in [5, 5.41) is 15.2. The van der Waals surface area contributed by atoms with Crippen LogP contribution in [0, 0.1) is 5.92 Å². The number of guanidine groups is 1. The standard InChI is InChI=1S/C21H33N7O.HI/c1-17(2)13-19(27-9-11-29-12-10-27)14-23-21(22-3)24-15-20-26-25-16-28(20)18-7-5-4-6-8-18;/h4-8,16-17,19H,9-15H2,1-3H3,(H2,22,23,24);1H. The minimum absolute atomic E-state index is 0. The van der Waals surface area contributed by atoms with Crippen LogP contribution < -0.4 is 10.6 Å². The van der Waals surface area contributed by atoms with Crippen molar-refractivity contribution in [2.75, 3.05) is 39.9 Å². The number of halogens is 1. The summed E-state index contributed by atoms with van der Waals surface area (Å²) in [5.41, 5.74) is 1.04. The molecular formula is C21H34IN7O. The Morgan fingerprint density at radius 2 is 1.90 bits per heavy atom. The molecule has 0 saturated carbocycles.